The maximum atomic E-state index is 11.8. The van der Waals surface area contributed by atoms with Gasteiger partial charge in [-0.15, -0.1) is 0 Å². The first-order chi connectivity index (χ1) is 6.06. The molecular weight excluding hydrogens is 209 g/mol. The molecule has 6 heteroatoms. The number of nitrogens with zero attached hydrogens (tertiary/aromatic N) is 1. The summed E-state index contributed by atoms with van der Waals surface area (Å²) in [6.45, 7) is 2.65. The van der Waals surface area contributed by atoms with Crippen LogP contribution in [0.5, 0.6) is 0 Å². The summed E-state index contributed by atoms with van der Waals surface area (Å²) >= 11 is 3.86. The van der Waals surface area contributed by atoms with Crippen LogP contribution in [0.15, 0.2) is 0 Å². The Hall–Kier alpha value is 0.170. The van der Waals surface area contributed by atoms with Crippen molar-refractivity contribution in [1.82, 2.24) is 4.67 Å². The van der Waals surface area contributed by atoms with Crippen LogP contribution in [-0.4, -0.2) is 36.1 Å². The van der Waals surface area contributed by atoms with Crippen molar-refractivity contribution in [2.24, 2.45) is 0 Å². The standard InChI is InChI=1S/C7H14NO3PS/c1-12(10,11-6-13)8-4-2-7(9)3-5-8/h13H,2-6H2,1H3. The monoisotopic (exact) mass is 223 g/mol. The van der Waals surface area contributed by atoms with Crippen LogP contribution in [0.25, 0.3) is 0 Å². The highest BCUT2D eigenvalue weighted by atomic mass is 32.1. The van der Waals surface area contributed by atoms with Crippen molar-refractivity contribution in [2.45, 2.75) is 12.8 Å². The third-order valence-corrected chi connectivity index (χ3v) is 4.48. The Bertz CT molecular complexity index is 236. The van der Waals surface area contributed by atoms with Gasteiger partial charge in [-0.05, 0) is 0 Å². The molecule has 0 spiro atoms. The highest BCUT2D eigenvalue weighted by Crippen LogP contribution is 2.47. The van der Waals surface area contributed by atoms with Gasteiger partial charge in [0.25, 0.3) is 7.52 Å². The molecule has 76 valence electrons. The molecule has 1 aliphatic heterocycles. The predicted molar refractivity (Wildman–Crippen MR) is 54.3 cm³/mol. The van der Waals surface area contributed by atoms with Crippen LogP contribution in [0.4, 0.5) is 0 Å². The maximum Gasteiger partial charge on any atom is 0.270 e. The van der Waals surface area contributed by atoms with E-state index < -0.39 is 7.52 Å². The number of carbonyl (C=O) groups is 1. The molecule has 1 unspecified atom stereocenters. The van der Waals surface area contributed by atoms with Crippen molar-refractivity contribution < 1.29 is 13.9 Å². The van der Waals surface area contributed by atoms with Crippen LogP contribution in [-0.2, 0) is 13.9 Å². The molecule has 0 N–H and O–H groups in total. The molecule has 0 saturated carbocycles. The molecule has 0 amide bonds. The molecule has 0 aromatic rings. The zero-order valence-electron chi connectivity index (χ0n) is 7.60. The third kappa shape index (κ3) is 3.09. The molecule has 13 heavy (non-hydrogen) atoms. The van der Waals surface area contributed by atoms with E-state index >= 15 is 0 Å². The van der Waals surface area contributed by atoms with Crippen molar-refractivity contribution >= 4 is 25.9 Å². The lowest BCUT2D eigenvalue weighted by Crippen LogP contribution is -2.31. The SMILES string of the molecule is CP(=O)(OCS)N1CCC(=O)CC1. The Morgan fingerprint density at radius 2 is 2.08 bits per heavy atom. The maximum absolute atomic E-state index is 11.8. The molecule has 1 aliphatic rings. The van der Waals surface area contributed by atoms with Crippen molar-refractivity contribution in [3.63, 3.8) is 0 Å². The van der Waals surface area contributed by atoms with Gasteiger partial charge in [0.05, 0.1) is 5.94 Å². The van der Waals surface area contributed by atoms with E-state index in [0.29, 0.717) is 25.9 Å². The van der Waals surface area contributed by atoms with Gasteiger partial charge in [0.2, 0.25) is 0 Å². The first-order valence-electron chi connectivity index (χ1n) is 4.16. The number of hydrogen-bond acceptors (Lipinski definition) is 4. The average Bonchev–Trinajstić information content (AvgIpc) is 2.05. The molecule has 1 saturated heterocycles. The number of carbonyl (C=O) groups excluding carboxylic acids is 1. The van der Waals surface area contributed by atoms with E-state index in [0.717, 1.165) is 0 Å². The number of hydrogen-bond donors (Lipinski definition) is 1. The van der Waals surface area contributed by atoms with Gasteiger partial charge in [-0.25, -0.2) is 4.67 Å². The van der Waals surface area contributed by atoms with Crippen LogP contribution < -0.4 is 0 Å². The Kier molecular flexibility index (Phi) is 3.98. The summed E-state index contributed by atoms with van der Waals surface area (Å²) < 4.78 is 18.6. The lowest BCUT2D eigenvalue weighted by molar-refractivity contribution is -0.120. The molecule has 1 atom stereocenters. The molecule has 1 heterocycles. The van der Waals surface area contributed by atoms with E-state index in [-0.39, 0.29) is 11.7 Å². The van der Waals surface area contributed by atoms with Gasteiger partial charge in [0.1, 0.15) is 5.78 Å². The second-order valence-corrected chi connectivity index (χ2v) is 5.74. The first-order valence-corrected chi connectivity index (χ1v) is 6.82. The normalized spacial score (nSPS) is 24.3. The number of ketones is 1. The van der Waals surface area contributed by atoms with Crippen LogP contribution in [0, 0.1) is 0 Å². The van der Waals surface area contributed by atoms with Crippen molar-refractivity contribution in [3.05, 3.63) is 0 Å². The Morgan fingerprint density at radius 3 is 2.54 bits per heavy atom. The summed E-state index contributed by atoms with van der Waals surface area (Å²) in [4.78, 5) is 10.9. The molecule has 0 aromatic carbocycles. The Labute approximate surface area is 83.5 Å². The topological polar surface area (TPSA) is 46.6 Å². The van der Waals surface area contributed by atoms with Gasteiger partial charge in [-0.1, -0.05) is 0 Å². The first kappa shape index (κ1) is 11.2. The van der Waals surface area contributed by atoms with Gasteiger partial charge in [0.15, 0.2) is 0 Å². The molecule has 0 aromatic heterocycles. The average molecular weight is 223 g/mol. The van der Waals surface area contributed by atoms with Crippen LogP contribution in [0.3, 0.4) is 0 Å². The summed E-state index contributed by atoms with van der Waals surface area (Å²) in [6, 6.07) is 0. The fourth-order valence-electron chi connectivity index (χ4n) is 1.30. The Morgan fingerprint density at radius 1 is 1.54 bits per heavy atom. The van der Waals surface area contributed by atoms with Crippen LogP contribution in [0.2, 0.25) is 0 Å². The molecule has 0 aliphatic carbocycles. The van der Waals surface area contributed by atoms with E-state index in [2.05, 4.69) is 12.6 Å². The minimum Gasteiger partial charge on any atom is -0.307 e. The molecule has 1 fully saturated rings. The van der Waals surface area contributed by atoms with Gasteiger partial charge >= 0.3 is 0 Å². The fourth-order valence-corrected chi connectivity index (χ4v) is 3.24. The predicted octanol–water partition coefficient (Wildman–Crippen LogP) is 1.38. The number of thiol groups is 1. The van der Waals surface area contributed by atoms with Gasteiger partial charge < -0.3 is 4.52 Å². The Balaban J connectivity index is 2.52. The van der Waals surface area contributed by atoms with E-state index in [1.165, 1.54) is 0 Å². The van der Waals surface area contributed by atoms with E-state index in [4.69, 9.17) is 4.52 Å². The van der Waals surface area contributed by atoms with Crippen molar-refractivity contribution in [3.8, 4) is 0 Å². The smallest absolute Gasteiger partial charge is 0.270 e. The summed E-state index contributed by atoms with van der Waals surface area (Å²) in [7, 11) is -2.69. The van der Waals surface area contributed by atoms with Gasteiger partial charge in [-0.2, -0.15) is 12.6 Å². The summed E-state index contributed by atoms with van der Waals surface area (Å²) in [5, 5.41) is 0. The number of Topliss-reactive ketones (excluding diaryl/α,β-unsaturated/α-hetero) is 1. The van der Waals surface area contributed by atoms with Gasteiger partial charge in [0, 0.05) is 32.6 Å². The van der Waals surface area contributed by atoms with Crippen LogP contribution in [0.1, 0.15) is 12.8 Å². The molecular formula is C7H14NO3PS. The van der Waals surface area contributed by atoms with Crippen molar-refractivity contribution in [2.75, 3.05) is 25.7 Å². The van der Waals surface area contributed by atoms with E-state index in [9.17, 15) is 9.36 Å². The van der Waals surface area contributed by atoms with E-state index in [1.807, 2.05) is 0 Å². The third-order valence-electron chi connectivity index (χ3n) is 2.11. The van der Waals surface area contributed by atoms with E-state index in [1.54, 1.807) is 11.3 Å². The lowest BCUT2D eigenvalue weighted by Gasteiger charge is -2.30. The zero-order chi connectivity index (χ0) is 9.90. The second kappa shape index (κ2) is 4.60. The summed E-state index contributed by atoms with van der Waals surface area (Å²) in [6.07, 6.45) is 0.960. The minimum absolute atomic E-state index is 0.151. The minimum atomic E-state index is -2.69. The molecule has 4 nitrogen and oxygen atoms in total. The fraction of sp³-hybridized carbons (Fsp3) is 0.857. The highest BCUT2D eigenvalue weighted by molar-refractivity contribution is 7.80. The van der Waals surface area contributed by atoms with Gasteiger partial charge in [-0.3, -0.25) is 9.36 Å². The van der Waals surface area contributed by atoms with Crippen molar-refractivity contribution in [1.29, 1.82) is 0 Å². The number of piperidine rings is 1. The molecule has 0 radical (unpaired) electrons. The quantitative estimate of drug-likeness (QED) is 0.446. The highest BCUT2D eigenvalue weighted by Gasteiger charge is 2.29. The zero-order valence-corrected chi connectivity index (χ0v) is 9.39. The summed E-state index contributed by atoms with van der Waals surface area (Å²) in [5.74, 6) is 0.389. The lowest BCUT2D eigenvalue weighted by atomic mass is 10.1. The largest absolute Gasteiger partial charge is 0.307 e. The second-order valence-electron chi connectivity index (χ2n) is 3.05. The molecule has 0 bridgehead atoms. The summed E-state index contributed by atoms with van der Waals surface area (Å²) in [5.41, 5.74) is 0. The molecule has 1 rings (SSSR count). The van der Waals surface area contributed by atoms with Crippen LogP contribution >= 0.6 is 20.1 Å². The number of rotatable bonds is 3.